The van der Waals surface area contributed by atoms with Crippen LogP contribution in [-0.4, -0.2) is 82.3 Å². The van der Waals surface area contributed by atoms with Crippen molar-refractivity contribution in [1.29, 1.82) is 5.26 Å². The summed E-state index contributed by atoms with van der Waals surface area (Å²) >= 11 is 0. The molecule has 0 amide bonds. The van der Waals surface area contributed by atoms with Gasteiger partial charge in [-0.15, -0.1) is 0 Å². The van der Waals surface area contributed by atoms with E-state index in [4.69, 9.17) is 19.5 Å². The summed E-state index contributed by atoms with van der Waals surface area (Å²) < 4.78 is 50.0. The van der Waals surface area contributed by atoms with Crippen LogP contribution in [0.5, 0.6) is 0 Å². The molecule has 0 atom stereocenters. The molecule has 1 aliphatic heterocycles. The van der Waals surface area contributed by atoms with Gasteiger partial charge < -0.3 is 28.7 Å². The molecule has 0 N–H and O–H groups in total. The fourth-order valence-electron chi connectivity index (χ4n) is 3.34. The molecular weight excluding hydrogens is 510 g/mol. The number of carbonyl (C=O) groups is 1. The summed E-state index contributed by atoms with van der Waals surface area (Å²) in [6.07, 6.45) is 3.61. The Bertz CT molecular complexity index is 993. The monoisotopic (exact) mass is 550 g/mol. The summed E-state index contributed by atoms with van der Waals surface area (Å²) in [4.78, 5) is 17.5. The number of methoxy groups -OCH3 is 1. The summed E-state index contributed by atoms with van der Waals surface area (Å²) in [5.41, 5.74) is 0.0577. The van der Waals surface area contributed by atoms with E-state index in [2.05, 4.69) is 21.2 Å². The fraction of sp³-hybridized carbons (Fsp3) is 0.536. The van der Waals surface area contributed by atoms with Crippen molar-refractivity contribution in [2.24, 2.45) is 5.92 Å². The quantitative estimate of drug-likeness (QED) is 0.211. The number of rotatable bonds is 12. The van der Waals surface area contributed by atoms with E-state index < -0.39 is 17.9 Å². The molecule has 1 aliphatic rings. The molecule has 1 fully saturated rings. The molecule has 9 nitrogen and oxygen atoms in total. The van der Waals surface area contributed by atoms with Crippen molar-refractivity contribution in [3.05, 3.63) is 60.0 Å². The van der Waals surface area contributed by atoms with E-state index in [0.717, 1.165) is 12.6 Å². The van der Waals surface area contributed by atoms with Gasteiger partial charge >= 0.3 is 0 Å². The molecule has 1 aromatic heterocycles. The molecule has 0 spiro atoms. The van der Waals surface area contributed by atoms with Crippen molar-refractivity contribution in [2.75, 3.05) is 59.0 Å². The first kappa shape index (κ1) is 33.7. The van der Waals surface area contributed by atoms with Crippen LogP contribution in [0.15, 0.2) is 54.5 Å². The van der Waals surface area contributed by atoms with Gasteiger partial charge in [0.15, 0.2) is 17.9 Å². The van der Waals surface area contributed by atoms with Crippen molar-refractivity contribution in [3.8, 4) is 6.07 Å². The molecule has 0 aromatic carbocycles. The highest BCUT2D eigenvalue weighted by atomic mass is 19.2. The minimum absolute atomic E-state index is 0.108. The molecule has 1 saturated heterocycles. The maximum Gasteiger partial charge on any atom is 0.293 e. The van der Waals surface area contributed by atoms with E-state index in [1.807, 2.05) is 40.9 Å². The lowest BCUT2D eigenvalue weighted by molar-refractivity contribution is -0.203. The summed E-state index contributed by atoms with van der Waals surface area (Å²) in [7, 11) is 5.34. The molecule has 2 rings (SSSR count). The number of hydrogen-bond donors (Lipinski definition) is 0. The largest absolute Gasteiger partial charge is 0.497 e. The Balaban J connectivity index is 0.000000956. The number of hydrogen-bond acceptors (Lipinski definition) is 9. The van der Waals surface area contributed by atoms with E-state index >= 15 is 0 Å². The average molecular weight is 551 g/mol. The third-order valence-corrected chi connectivity index (χ3v) is 5.19. The number of ether oxygens (including phenoxy) is 4. The van der Waals surface area contributed by atoms with Gasteiger partial charge in [0.2, 0.25) is 0 Å². The maximum absolute atomic E-state index is 14.6. The number of aromatic nitrogens is 1. The molecule has 39 heavy (non-hydrogen) atoms. The molecule has 0 saturated carbocycles. The smallest absolute Gasteiger partial charge is 0.293 e. The number of allylic oxidation sites excluding steroid dienone is 3. The molecule has 2 heterocycles. The molecule has 0 unspecified atom stereocenters. The van der Waals surface area contributed by atoms with Gasteiger partial charge in [0, 0.05) is 37.7 Å². The minimum Gasteiger partial charge on any atom is -0.497 e. The second kappa shape index (κ2) is 17.3. The molecule has 11 heteroatoms. The predicted octanol–water partition coefficient (Wildman–Crippen LogP) is 4.53. The minimum atomic E-state index is -1.06. The van der Waals surface area contributed by atoms with Crippen LogP contribution in [0.25, 0.3) is 0 Å². The summed E-state index contributed by atoms with van der Waals surface area (Å²) in [6.45, 7) is 11.4. The van der Waals surface area contributed by atoms with Crippen LogP contribution in [0.4, 0.5) is 14.6 Å². The fourth-order valence-corrected chi connectivity index (χ4v) is 3.34. The van der Waals surface area contributed by atoms with Gasteiger partial charge in [-0.25, -0.2) is 13.8 Å². The number of nitriles is 1. The van der Waals surface area contributed by atoms with Crippen LogP contribution in [-0.2, 0) is 23.7 Å². The maximum atomic E-state index is 14.6. The van der Waals surface area contributed by atoms with Crippen molar-refractivity contribution in [2.45, 2.75) is 39.1 Å². The van der Waals surface area contributed by atoms with Crippen LogP contribution < -0.4 is 4.90 Å². The Morgan fingerprint density at radius 2 is 1.95 bits per heavy atom. The van der Waals surface area contributed by atoms with Gasteiger partial charge in [-0.2, -0.15) is 5.26 Å². The van der Waals surface area contributed by atoms with E-state index in [1.54, 1.807) is 17.0 Å². The van der Waals surface area contributed by atoms with Crippen molar-refractivity contribution in [1.82, 2.24) is 9.88 Å². The van der Waals surface area contributed by atoms with Gasteiger partial charge in [0.1, 0.15) is 23.2 Å². The number of halogens is 2. The third kappa shape index (κ3) is 13.9. The zero-order valence-electron chi connectivity index (χ0n) is 23.7. The molecule has 216 valence electrons. The lowest BCUT2D eigenvalue weighted by Gasteiger charge is -2.32. The average Bonchev–Trinajstić information content (AvgIpc) is 2.89. The molecule has 0 bridgehead atoms. The van der Waals surface area contributed by atoms with Gasteiger partial charge in [-0.3, -0.25) is 4.79 Å². The van der Waals surface area contributed by atoms with Crippen LogP contribution in [0, 0.1) is 17.2 Å². The van der Waals surface area contributed by atoms with Crippen LogP contribution >= 0.6 is 0 Å². The topological polar surface area (TPSA) is 97.2 Å². The Morgan fingerprint density at radius 3 is 2.38 bits per heavy atom. The van der Waals surface area contributed by atoms with Crippen LogP contribution in [0.1, 0.15) is 32.8 Å². The third-order valence-electron chi connectivity index (χ3n) is 5.19. The number of pyridine rings is 1. The van der Waals surface area contributed by atoms with Crippen molar-refractivity contribution >= 4 is 12.3 Å². The predicted molar refractivity (Wildman–Crippen MR) is 145 cm³/mol. The van der Waals surface area contributed by atoms with Gasteiger partial charge in [0.05, 0.1) is 32.4 Å². The first-order valence-corrected chi connectivity index (χ1v) is 12.4. The number of nitrogens with zero attached hydrogens (tertiary/aromatic N) is 4. The highest BCUT2D eigenvalue weighted by molar-refractivity contribution is 5.43. The molecule has 1 aromatic rings. The SMILES string of the molecule is C=C/C(=C\C(F)=C(/F)CN(CCC1OCC(CN(C)C)CO1)c1ccc(C#N)cn1)OC.CC(C)(C)OC=O. The van der Waals surface area contributed by atoms with E-state index in [1.165, 1.54) is 19.4 Å². The second-order valence-corrected chi connectivity index (χ2v) is 9.99. The van der Waals surface area contributed by atoms with E-state index in [9.17, 15) is 13.6 Å². The summed E-state index contributed by atoms with van der Waals surface area (Å²) in [5.74, 6) is -1.23. The first-order valence-electron chi connectivity index (χ1n) is 12.4. The Morgan fingerprint density at radius 1 is 1.28 bits per heavy atom. The highest BCUT2D eigenvalue weighted by Gasteiger charge is 2.24. The van der Waals surface area contributed by atoms with Crippen LogP contribution in [0.2, 0.25) is 0 Å². The zero-order chi connectivity index (χ0) is 29.4. The summed E-state index contributed by atoms with van der Waals surface area (Å²) in [5, 5.41) is 8.98. The van der Waals surface area contributed by atoms with E-state index in [0.29, 0.717) is 50.0 Å². The molecule has 0 radical (unpaired) electrons. The number of anilines is 1. The highest BCUT2D eigenvalue weighted by Crippen LogP contribution is 2.21. The van der Waals surface area contributed by atoms with Crippen LogP contribution in [0.3, 0.4) is 0 Å². The Labute approximate surface area is 230 Å². The lowest BCUT2D eigenvalue weighted by Crippen LogP contribution is -2.39. The lowest BCUT2D eigenvalue weighted by atomic mass is 10.1. The normalized spacial score (nSPS) is 18.2. The Kier molecular flexibility index (Phi) is 14.9. The van der Waals surface area contributed by atoms with Gasteiger partial charge in [-0.05, 0) is 53.1 Å². The van der Waals surface area contributed by atoms with E-state index in [-0.39, 0.29) is 17.9 Å². The first-order chi connectivity index (χ1) is 18.4. The summed E-state index contributed by atoms with van der Waals surface area (Å²) in [6, 6.07) is 5.16. The molecular formula is C28H40F2N4O5. The van der Waals surface area contributed by atoms with Gasteiger partial charge in [-0.1, -0.05) is 6.58 Å². The van der Waals surface area contributed by atoms with Crippen molar-refractivity contribution in [3.63, 3.8) is 0 Å². The van der Waals surface area contributed by atoms with Crippen molar-refractivity contribution < 1.29 is 32.5 Å². The molecule has 0 aliphatic carbocycles. The van der Waals surface area contributed by atoms with Gasteiger partial charge in [0.25, 0.3) is 6.47 Å². The number of carbonyl (C=O) groups excluding carboxylic acids is 1. The standard InChI is InChI=1S/C23H30F2N4O3.C5H10O2/c1-5-19(30-4)10-20(24)21(25)14-29(22-7-6-17(11-26)12-27-22)9-8-23-31-15-18(16-32-23)13-28(2)3;1-5(2,3)7-4-6/h5-7,10,12,18,23H,1,8-9,13-16H2,2-4H3;4H,1-3H3/b19-10+,21-20+;. The second-order valence-electron chi connectivity index (χ2n) is 9.99. The zero-order valence-corrected chi connectivity index (χ0v) is 23.7. The Hall–Kier alpha value is -3.33.